The van der Waals surface area contributed by atoms with E-state index in [0.717, 1.165) is 10.9 Å². The highest BCUT2D eigenvalue weighted by Gasteiger charge is 2.21. The summed E-state index contributed by atoms with van der Waals surface area (Å²) in [5.74, 6) is 0.521. The number of carbonyl (C=O) groups is 1. The minimum Gasteiger partial charge on any atom is -0.451 e. The second-order valence-electron chi connectivity index (χ2n) is 5.56. The Morgan fingerprint density at radius 1 is 1.33 bits per heavy atom. The average molecular weight is 343 g/mol. The number of hydrogen-bond donors (Lipinski definition) is 2. The Hall–Kier alpha value is -2.54. The number of thioether (sulfide) groups is 1. The molecule has 1 amide bonds. The van der Waals surface area contributed by atoms with Crippen LogP contribution in [0.5, 0.6) is 0 Å². The van der Waals surface area contributed by atoms with E-state index in [1.54, 1.807) is 0 Å². The number of carbonyl (C=O) groups excluding carboxylic acids is 1. The first-order valence-electron chi connectivity index (χ1n) is 7.54. The number of nitrogens with one attached hydrogen (secondary N) is 2. The summed E-state index contributed by atoms with van der Waals surface area (Å²) >= 11 is 1.35. The molecular formula is C17H17N3O3S. The summed E-state index contributed by atoms with van der Waals surface area (Å²) < 4.78 is 5.76. The van der Waals surface area contributed by atoms with Crippen molar-refractivity contribution in [1.29, 1.82) is 0 Å². The minimum absolute atomic E-state index is 0.0124. The average Bonchev–Trinajstić information content (AvgIpc) is 2.91. The zero-order valence-corrected chi connectivity index (χ0v) is 14.1. The molecule has 3 aromatic rings. The summed E-state index contributed by atoms with van der Waals surface area (Å²) in [5.41, 5.74) is 1.25. The maximum Gasteiger partial charge on any atom is 0.287 e. The van der Waals surface area contributed by atoms with Crippen molar-refractivity contribution in [3.05, 3.63) is 58.2 Å². The number of para-hydroxylation sites is 1. The fourth-order valence-corrected chi connectivity index (χ4v) is 3.19. The van der Waals surface area contributed by atoms with Gasteiger partial charge in [0.05, 0.1) is 0 Å². The second kappa shape index (κ2) is 6.92. The van der Waals surface area contributed by atoms with E-state index in [2.05, 4.69) is 15.3 Å². The predicted molar refractivity (Wildman–Crippen MR) is 93.2 cm³/mol. The highest BCUT2D eigenvalue weighted by atomic mass is 32.2. The summed E-state index contributed by atoms with van der Waals surface area (Å²) in [7, 11) is 0. The van der Waals surface area contributed by atoms with Gasteiger partial charge in [-0.15, -0.1) is 0 Å². The molecule has 0 atom stereocenters. The van der Waals surface area contributed by atoms with Gasteiger partial charge in [0.25, 0.3) is 11.5 Å². The van der Waals surface area contributed by atoms with Gasteiger partial charge in [0.1, 0.15) is 5.58 Å². The number of H-pyrrole nitrogens is 1. The molecule has 0 aliphatic carbocycles. The number of benzene rings is 1. The number of rotatable bonds is 5. The predicted octanol–water partition coefficient (Wildman–Crippen LogP) is 2.95. The van der Waals surface area contributed by atoms with Crippen LogP contribution in [0.3, 0.4) is 0 Å². The van der Waals surface area contributed by atoms with E-state index in [1.165, 1.54) is 24.0 Å². The van der Waals surface area contributed by atoms with Crippen LogP contribution in [-0.4, -0.2) is 21.9 Å². The van der Waals surface area contributed by atoms with Crippen molar-refractivity contribution in [2.24, 2.45) is 0 Å². The molecule has 0 saturated heterocycles. The van der Waals surface area contributed by atoms with Crippen molar-refractivity contribution in [2.45, 2.75) is 30.8 Å². The summed E-state index contributed by atoms with van der Waals surface area (Å²) in [6.45, 7) is 3.79. The molecule has 0 aliphatic heterocycles. The Morgan fingerprint density at radius 2 is 2.12 bits per heavy atom. The van der Waals surface area contributed by atoms with E-state index in [0.29, 0.717) is 22.3 Å². The van der Waals surface area contributed by atoms with Crippen LogP contribution in [0.15, 0.2) is 50.9 Å². The van der Waals surface area contributed by atoms with E-state index >= 15 is 0 Å². The van der Waals surface area contributed by atoms with E-state index in [4.69, 9.17) is 4.42 Å². The Kier molecular flexibility index (Phi) is 4.71. The summed E-state index contributed by atoms with van der Waals surface area (Å²) in [6, 6.07) is 8.89. The zero-order chi connectivity index (χ0) is 17.1. The first-order chi connectivity index (χ1) is 11.5. The van der Waals surface area contributed by atoms with Gasteiger partial charge in [-0.25, -0.2) is 4.98 Å². The number of hydrogen-bond acceptors (Lipinski definition) is 5. The Bertz CT molecular complexity index is 930. The van der Waals surface area contributed by atoms with Crippen molar-refractivity contribution in [3.8, 4) is 0 Å². The highest BCUT2D eigenvalue weighted by Crippen LogP contribution is 2.30. The van der Waals surface area contributed by atoms with Gasteiger partial charge in [-0.3, -0.25) is 9.59 Å². The first-order valence-corrected chi connectivity index (χ1v) is 8.52. The molecule has 0 aliphatic rings. The van der Waals surface area contributed by atoms with E-state index in [1.807, 2.05) is 38.1 Å². The lowest BCUT2D eigenvalue weighted by Crippen LogP contribution is -2.30. The number of fused-ring (bicyclic) bond motifs is 1. The van der Waals surface area contributed by atoms with Gasteiger partial charge in [-0.1, -0.05) is 30.0 Å². The molecule has 0 spiro atoms. The van der Waals surface area contributed by atoms with E-state index in [-0.39, 0.29) is 17.5 Å². The van der Waals surface area contributed by atoms with Crippen LogP contribution < -0.4 is 10.9 Å². The number of amides is 1. The van der Waals surface area contributed by atoms with Crippen LogP contribution in [0.25, 0.3) is 11.0 Å². The molecule has 7 heteroatoms. The van der Waals surface area contributed by atoms with Crippen molar-refractivity contribution < 1.29 is 9.21 Å². The lowest BCUT2D eigenvalue weighted by Gasteiger charge is -2.07. The molecule has 0 unspecified atom stereocenters. The van der Waals surface area contributed by atoms with E-state index in [9.17, 15) is 9.59 Å². The number of aromatic amines is 1. The summed E-state index contributed by atoms with van der Waals surface area (Å²) in [5, 5.41) is 4.24. The molecule has 124 valence electrons. The third kappa shape index (κ3) is 3.51. The second-order valence-corrected chi connectivity index (χ2v) is 6.53. The summed E-state index contributed by atoms with van der Waals surface area (Å²) in [6.07, 6.45) is 1.46. The van der Waals surface area contributed by atoms with Crippen LogP contribution >= 0.6 is 11.8 Å². The lowest BCUT2D eigenvalue weighted by atomic mass is 10.1. The van der Waals surface area contributed by atoms with Crippen LogP contribution in [-0.2, 0) is 5.75 Å². The molecule has 0 fully saturated rings. The maximum atomic E-state index is 12.4. The molecule has 2 aromatic heterocycles. The Labute approximate surface area is 142 Å². The monoisotopic (exact) mass is 343 g/mol. The fraction of sp³-hybridized carbons (Fsp3) is 0.235. The minimum atomic E-state index is -0.244. The highest BCUT2D eigenvalue weighted by molar-refractivity contribution is 7.98. The van der Waals surface area contributed by atoms with Crippen molar-refractivity contribution in [3.63, 3.8) is 0 Å². The van der Waals surface area contributed by atoms with Crippen molar-refractivity contribution in [1.82, 2.24) is 15.3 Å². The molecule has 0 bridgehead atoms. The topological polar surface area (TPSA) is 88.0 Å². The molecule has 24 heavy (non-hydrogen) atoms. The van der Waals surface area contributed by atoms with Crippen molar-refractivity contribution in [2.75, 3.05) is 0 Å². The van der Waals surface area contributed by atoms with Gasteiger partial charge in [0.15, 0.2) is 10.9 Å². The molecule has 6 nitrogen and oxygen atoms in total. The standard InChI is InChI=1S/C17H17N3O3S/c1-10(2)19-16(22)15-12(11-5-3-4-6-13(11)23-15)9-24-17-18-8-7-14(21)20-17/h3-8,10H,9H2,1-2H3,(H,19,22)(H,18,20,21). The van der Waals surface area contributed by atoms with E-state index < -0.39 is 0 Å². The smallest absolute Gasteiger partial charge is 0.287 e. The van der Waals surface area contributed by atoms with Gasteiger partial charge in [-0.2, -0.15) is 0 Å². The first kappa shape index (κ1) is 16.3. The Morgan fingerprint density at radius 3 is 2.88 bits per heavy atom. The lowest BCUT2D eigenvalue weighted by molar-refractivity contribution is 0.0916. The van der Waals surface area contributed by atoms with Crippen LogP contribution in [0.4, 0.5) is 0 Å². The molecule has 3 rings (SSSR count). The number of furan rings is 1. The molecule has 2 heterocycles. The third-order valence-corrected chi connectivity index (χ3v) is 4.24. The maximum absolute atomic E-state index is 12.4. The quantitative estimate of drug-likeness (QED) is 0.549. The largest absolute Gasteiger partial charge is 0.451 e. The molecular weight excluding hydrogens is 326 g/mol. The molecule has 0 saturated carbocycles. The summed E-state index contributed by atoms with van der Waals surface area (Å²) in [4.78, 5) is 30.6. The van der Waals surface area contributed by atoms with Crippen LogP contribution in [0, 0.1) is 0 Å². The van der Waals surface area contributed by atoms with Gasteiger partial charge in [-0.05, 0) is 19.9 Å². The molecule has 0 radical (unpaired) electrons. The fourth-order valence-electron chi connectivity index (χ4n) is 2.32. The van der Waals surface area contributed by atoms with Gasteiger partial charge < -0.3 is 14.7 Å². The SMILES string of the molecule is CC(C)NC(=O)c1oc2ccccc2c1CSc1nccc(=O)[nH]1. The normalized spacial score (nSPS) is 11.1. The zero-order valence-electron chi connectivity index (χ0n) is 13.3. The van der Waals surface area contributed by atoms with Crippen LogP contribution in [0.1, 0.15) is 30.0 Å². The number of nitrogens with zero attached hydrogens (tertiary/aromatic N) is 1. The van der Waals surface area contributed by atoms with Gasteiger partial charge in [0.2, 0.25) is 0 Å². The van der Waals surface area contributed by atoms with Gasteiger partial charge >= 0.3 is 0 Å². The number of aromatic nitrogens is 2. The van der Waals surface area contributed by atoms with Crippen LogP contribution in [0.2, 0.25) is 0 Å². The van der Waals surface area contributed by atoms with Crippen molar-refractivity contribution >= 4 is 28.6 Å². The van der Waals surface area contributed by atoms with Gasteiger partial charge in [0, 0.05) is 35.0 Å². The third-order valence-electron chi connectivity index (χ3n) is 3.33. The Balaban J connectivity index is 1.95. The molecule has 1 aromatic carbocycles. The molecule has 2 N–H and O–H groups in total.